The van der Waals surface area contributed by atoms with Crippen LogP contribution in [0.25, 0.3) is 0 Å². The summed E-state index contributed by atoms with van der Waals surface area (Å²) in [5.41, 5.74) is 0.863. The molecule has 0 fully saturated rings. The van der Waals surface area contributed by atoms with Crippen LogP contribution in [0.2, 0.25) is 5.15 Å². The Morgan fingerprint density at radius 1 is 1.28 bits per heavy atom. The van der Waals surface area contributed by atoms with Gasteiger partial charge in [0.25, 0.3) is 0 Å². The lowest BCUT2D eigenvalue weighted by Gasteiger charge is -2.04. The van der Waals surface area contributed by atoms with Crippen molar-refractivity contribution in [3.8, 4) is 0 Å². The Bertz CT molecular complexity index is 542. The number of hydrogen-bond acceptors (Lipinski definition) is 5. The number of nitrogens with zero attached hydrogens (tertiary/aromatic N) is 3. The molecule has 0 saturated heterocycles. The molecule has 0 aliphatic heterocycles. The van der Waals surface area contributed by atoms with Crippen molar-refractivity contribution in [2.24, 2.45) is 0 Å². The predicted molar refractivity (Wildman–Crippen MR) is 65.6 cm³/mol. The van der Waals surface area contributed by atoms with E-state index in [1.54, 1.807) is 18.2 Å². The molecule has 0 saturated carbocycles. The Balaban J connectivity index is 1.97. The minimum absolute atomic E-state index is 0.0186. The molecule has 2 aromatic rings. The average Bonchev–Trinajstić information content (AvgIpc) is 2.38. The van der Waals surface area contributed by atoms with Gasteiger partial charge in [0.2, 0.25) is 0 Å². The molecular formula is C11H9ClN4O2. The summed E-state index contributed by atoms with van der Waals surface area (Å²) in [4.78, 5) is 14.4. The van der Waals surface area contributed by atoms with Crippen LogP contribution in [-0.4, -0.2) is 26.3 Å². The molecule has 0 spiro atoms. The fourth-order valence-electron chi connectivity index (χ4n) is 1.26. The van der Waals surface area contributed by atoms with E-state index in [9.17, 15) is 4.79 Å². The number of halogens is 1. The minimum Gasteiger partial charge on any atom is -0.477 e. The molecule has 2 rings (SSSR count). The summed E-state index contributed by atoms with van der Waals surface area (Å²) in [5.74, 6) is -0.459. The molecule has 0 radical (unpaired) electrons. The number of carboxylic acids is 1. The van der Waals surface area contributed by atoms with Gasteiger partial charge in [-0.1, -0.05) is 17.7 Å². The lowest BCUT2D eigenvalue weighted by Crippen LogP contribution is -2.04. The first-order valence-electron chi connectivity index (χ1n) is 5.06. The van der Waals surface area contributed by atoms with Crippen molar-refractivity contribution in [3.63, 3.8) is 0 Å². The van der Waals surface area contributed by atoms with Gasteiger partial charge in [-0.2, -0.15) is 0 Å². The van der Waals surface area contributed by atoms with Gasteiger partial charge in [0.1, 0.15) is 11.5 Å². The third-order valence-electron chi connectivity index (χ3n) is 2.15. The first kappa shape index (κ1) is 12.3. The van der Waals surface area contributed by atoms with Gasteiger partial charge in [0.15, 0.2) is 5.15 Å². The first-order chi connectivity index (χ1) is 8.65. The second-order valence-corrected chi connectivity index (χ2v) is 3.84. The first-order valence-corrected chi connectivity index (χ1v) is 5.44. The van der Waals surface area contributed by atoms with Crippen LogP contribution in [0.3, 0.4) is 0 Å². The summed E-state index contributed by atoms with van der Waals surface area (Å²) in [6.07, 6.45) is 1.50. The smallest absolute Gasteiger partial charge is 0.354 e. The second-order valence-electron chi connectivity index (χ2n) is 3.45. The van der Waals surface area contributed by atoms with E-state index in [2.05, 4.69) is 20.5 Å². The minimum atomic E-state index is -1.04. The third kappa shape index (κ3) is 3.14. The maximum absolute atomic E-state index is 10.6. The average molecular weight is 265 g/mol. The number of aromatic carboxylic acids is 1. The van der Waals surface area contributed by atoms with Crippen molar-refractivity contribution in [1.82, 2.24) is 15.2 Å². The van der Waals surface area contributed by atoms with Crippen LogP contribution in [0.4, 0.5) is 5.82 Å². The monoisotopic (exact) mass is 264 g/mol. The maximum Gasteiger partial charge on any atom is 0.354 e. The van der Waals surface area contributed by atoms with Gasteiger partial charge in [-0.05, 0) is 23.8 Å². The number of pyridine rings is 1. The van der Waals surface area contributed by atoms with Crippen LogP contribution in [-0.2, 0) is 6.54 Å². The van der Waals surface area contributed by atoms with Crippen LogP contribution in [0.15, 0.2) is 30.5 Å². The molecule has 0 unspecified atom stereocenters. The summed E-state index contributed by atoms with van der Waals surface area (Å²) >= 11 is 5.61. The van der Waals surface area contributed by atoms with E-state index in [1.807, 2.05) is 0 Å². The zero-order valence-electron chi connectivity index (χ0n) is 9.17. The van der Waals surface area contributed by atoms with Crippen molar-refractivity contribution in [3.05, 3.63) is 46.9 Å². The molecule has 2 N–H and O–H groups in total. The summed E-state index contributed by atoms with van der Waals surface area (Å²) in [6.45, 7) is 0.475. The quantitative estimate of drug-likeness (QED) is 0.876. The number of aromatic nitrogens is 3. The molecule has 18 heavy (non-hydrogen) atoms. The summed E-state index contributed by atoms with van der Waals surface area (Å²) < 4.78 is 0. The highest BCUT2D eigenvalue weighted by Crippen LogP contribution is 2.08. The van der Waals surface area contributed by atoms with Crippen molar-refractivity contribution < 1.29 is 9.90 Å². The number of carboxylic acid groups (broad SMARTS) is 1. The predicted octanol–water partition coefficient (Wildman–Crippen LogP) is 1.84. The molecule has 2 heterocycles. The number of carbonyl (C=O) groups is 1. The van der Waals surface area contributed by atoms with Gasteiger partial charge >= 0.3 is 5.97 Å². The molecule has 0 atom stereocenters. The molecule has 0 aliphatic rings. The molecule has 6 nitrogen and oxygen atoms in total. The van der Waals surface area contributed by atoms with E-state index in [4.69, 9.17) is 16.7 Å². The number of anilines is 1. The van der Waals surface area contributed by atoms with Crippen LogP contribution < -0.4 is 5.32 Å². The van der Waals surface area contributed by atoms with E-state index in [0.29, 0.717) is 17.5 Å². The lowest BCUT2D eigenvalue weighted by molar-refractivity contribution is 0.0690. The van der Waals surface area contributed by atoms with Gasteiger partial charge in [-0.15, -0.1) is 10.2 Å². The molecule has 0 aromatic carbocycles. The second kappa shape index (κ2) is 5.42. The zero-order chi connectivity index (χ0) is 13.0. The van der Waals surface area contributed by atoms with Crippen LogP contribution in [0.1, 0.15) is 16.1 Å². The SMILES string of the molecule is O=C(O)c1ccc(CNc2ccc(Cl)nn2)cn1. The highest BCUT2D eigenvalue weighted by Gasteiger charge is 2.03. The Labute approximate surface area is 108 Å². The van der Waals surface area contributed by atoms with Crippen molar-refractivity contribution in [2.45, 2.75) is 6.54 Å². The normalized spacial score (nSPS) is 10.1. The molecule has 0 bridgehead atoms. The van der Waals surface area contributed by atoms with Gasteiger partial charge < -0.3 is 10.4 Å². The largest absolute Gasteiger partial charge is 0.477 e. The zero-order valence-corrected chi connectivity index (χ0v) is 9.92. The summed E-state index contributed by atoms with van der Waals surface area (Å²) in [5, 5.41) is 19.6. The van der Waals surface area contributed by atoms with Gasteiger partial charge in [-0.25, -0.2) is 9.78 Å². The molecule has 7 heteroatoms. The van der Waals surface area contributed by atoms with Crippen LogP contribution >= 0.6 is 11.6 Å². The summed E-state index contributed by atoms with van der Waals surface area (Å²) in [6, 6.07) is 6.47. The highest BCUT2D eigenvalue weighted by atomic mass is 35.5. The van der Waals surface area contributed by atoms with Crippen LogP contribution in [0, 0.1) is 0 Å². The molecule has 0 amide bonds. The fourth-order valence-corrected chi connectivity index (χ4v) is 1.36. The fraction of sp³-hybridized carbons (Fsp3) is 0.0909. The molecule has 0 aliphatic carbocycles. The number of hydrogen-bond donors (Lipinski definition) is 2. The molecular weight excluding hydrogens is 256 g/mol. The Hall–Kier alpha value is -2.21. The van der Waals surface area contributed by atoms with E-state index in [0.717, 1.165) is 5.56 Å². The van der Waals surface area contributed by atoms with Gasteiger partial charge in [0, 0.05) is 12.7 Å². The highest BCUT2D eigenvalue weighted by molar-refractivity contribution is 6.29. The van der Waals surface area contributed by atoms with Crippen molar-refractivity contribution in [2.75, 3.05) is 5.32 Å². The van der Waals surface area contributed by atoms with Gasteiger partial charge in [0.05, 0.1) is 0 Å². The van der Waals surface area contributed by atoms with Crippen molar-refractivity contribution >= 4 is 23.4 Å². The van der Waals surface area contributed by atoms with E-state index in [-0.39, 0.29) is 5.69 Å². The Kier molecular flexibility index (Phi) is 3.69. The van der Waals surface area contributed by atoms with E-state index >= 15 is 0 Å². The maximum atomic E-state index is 10.6. The van der Waals surface area contributed by atoms with Gasteiger partial charge in [-0.3, -0.25) is 0 Å². The van der Waals surface area contributed by atoms with E-state index < -0.39 is 5.97 Å². The number of nitrogens with one attached hydrogen (secondary N) is 1. The number of rotatable bonds is 4. The van der Waals surface area contributed by atoms with E-state index in [1.165, 1.54) is 12.3 Å². The van der Waals surface area contributed by atoms with Crippen LogP contribution in [0.5, 0.6) is 0 Å². The lowest BCUT2D eigenvalue weighted by atomic mass is 10.2. The standard InChI is InChI=1S/C11H9ClN4O2/c12-9-3-4-10(16-15-9)14-6-7-1-2-8(11(17)18)13-5-7/h1-5H,6H2,(H,14,16)(H,17,18). The molecule has 2 aromatic heterocycles. The Morgan fingerprint density at radius 3 is 2.67 bits per heavy atom. The Morgan fingerprint density at radius 2 is 2.11 bits per heavy atom. The van der Waals surface area contributed by atoms with Crippen molar-refractivity contribution in [1.29, 1.82) is 0 Å². The topological polar surface area (TPSA) is 88.0 Å². The third-order valence-corrected chi connectivity index (χ3v) is 2.35. The molecule has 92 valence electrons. The summed E-state index contributed by atoms with van der Waals surface area (Å²) in [7, 11) is 0.